The van der Waals surface area contributed by atoms with Gasteiger partial charge in [0.2, 0.25) is 0 Å². The van der Waals surface area contributed by atoms with Gasteiger partial charge in [0.1, 0.15) is 13.2 Å². The van der Waals surface area contributed by atoms with Crippen molar-refractivity contribution in [2.45, 2.75) is 96.8 Å². The van der Waals surface area contributed by atoms with E-state index in [9.17, 15) is 0 Å². The minimum Gasteiger partial charge on any atom is -0.486 e. The van der Waals surface area contributed by atoms with E-state index in [1.807, 2.05) is 12.1 Å². The van der Waals surface area contributed by atoms with Gasteiger partial charge in [-0.25, -0.2) is 9.97 Å². The van der Waals surface area contributed by atoms with Crippen molar-refractivity contribution in [3.63, 3.8) is 0 Å². The Hall–Kier alpha value is -3.40. The molecule has 0 unspecified atom stereocenters. The average Bonchev–Trinajstić information content (AvgIpc) is 2.96. The number of hydrogen-bond donors (Lipinski definition) is 0. The van der Waals surface area contributed by atoms with E-state index in [2.05, 4.69) is 84.0 Å². The summed E-state index contributed by atoms with van der Waals surface area (Å²) in [4.78, 5) is 10.2. The van der Waals surface area contributed by atoms with Crippen molar-refractivity contribution < 1.29 is 9.47 Å². The zero-order valence-electron chi connectivity index (χ0n) is 25.6. The summed E-state index contributed by atoms with van der Waals surface area (Å²) < 4.78 is 12.1. The monoisotopic (exact) mass is 548 g/mol. The van der Waals surface area contributed by atoms with Gasteiger partial charge in [-0.1, -0.05) is 77.9 Å². The van der Waals surface area contributed by atoms with Gasteiger partial charge in [0.05, 0.1) is 22.4 Å². The van der Waals surface area contributed by atoms with Crippen LogP contribution in [0.15, 0.2) is 54.6 Å². The van der Waals surface area contributed by atoms with Crippen LogP contribution >= 0.6 is 0 Å². The second-order valence-corrected chi connectivity index (χ2v) is 13.6. The molecule has 41 heavy (non-hydrogen) atoms. The minimum absolute atomic E-state index is 0.0883. The normalized spacial score (nSPS) is 15.3. The number of para-hydroxylation sites is 3. The summed E-state index contributed by atoms with van der Waals surface area (Å²) in [6, 6.07) is 19.6. The summed E-state index contributed by atoms with van der Waals surface area (Å²) in [7, 11) is 0. The quantitative estimate of drug-likeness (QED) is 0.232. The highest BCUT2D eigenvalue weighted by Gasteiger charge is 2.32. The third-order valence-corrected chi connectivity index (χ3v) is 9.10. The summed E-state index contributed by atoms with van der Waals surface area (Å²) in [6.45, 7) is 15.1. The molecule has 0 fully saturated rings. The Morgan fingerprint density at radius 3 is 2.29 bits per heavy atom. The van der Waals surface area contributed by atoms with Crippen LogP contribution in [0, 0.1) is 0 Å². The van der Waals surface area contributed by atoms with Crippen LogP contribution in [0.1, 0.15) is 99.5 Å². The van der Waals surface area contributed by atoms with Crippen LogP contribution < -0.4 is 9.47 Å². The second-order valence-electron chi connectivity index (χ2n) is 13.6. The molecule has 4 nitrogen and oxygen atoms in total. The molecule has 6 rings (SSSR count). The van der Waals surface area contributed by atoms with Gasteiger partial charge in [-0.05, 0) is 89.3 Å². The number of hydrogen-bond acceptors (Lipinski definition) is 4. The molecule has 4 heteroatoms. The highest BCUT2D eigenvalue weighted by Crippen LogP contribution is 2.43. The number of fused-ring (bicyclic) bond motifs is 3. The first-order valence-corrected chi connectivity index (χ1v) is 15.4. The number of aromatic nitrogens is 2. The molecule has 2 aliphatic rings. The molecule has 0 N–H and O–H groups in total. The third-order valence-electron chi connectivity index (χ3n) is 9.10. The van der Waals surface area contributed by atoms with Gasteiger partial charge in [0, 0.05) is 12.0 Å². The van der Waals surface area contributed by atoms with Crippen LogP contribution in [0.25, 0.3) is 11.0 Å². The molecule has 0 bridgehead atoms. The van der Waals surface area contributed by atoms with Crippen LogP contribution in [0.3, 0.4) is 0 Å². The topological polar surface area (TPSA) is 44.2 Å². The van der Waals surface area contributed by atoms with Crippen molar-refractivity contribution >= 4 is 11.0 Å². The number of aryl methyl sites for hydroxylation is 1. The van der Waals surface area contributed by atoms with Crippen LogP contribution in [-0.4, -0.2) is 23.2 Å². The van der Waals surface area contributed by atoms with Gasteiger partial charge in [-0.2, -0.15) is 0 Å². The molecule has 0 radical (unpaired) electrons. The number of benzene rings is 3. The van der Waals surface area contributed by atoms with Gasteiger partial charge in [-0.3, -0.25) is 0 Å². The molecule has 214 valence electrons. The fraction of sp³-hybridized carbons (Fsp3) is 0.459. The van der Waals surface area contributed by atoms with E-state index in [1.165, 1.54) is 41.5 Å². The first-order valence-electron chi connectivity index (χ1n) is 15.4. The summed E-state index contributed by atoms with van der Waals surface area (Å²) in [6.07, 6.45) is 6.69. The number of ether oxygens (including phenoxy) is 2. The van der Waals surface area contributed by atoms with Gasteiger partial charge in [0.15, 0.2) is 11.5 Å². The van der Waals surface area contributed by atoms with Crippen LogP contribution in [0.2, 0.25) is 0 Å². The maximum Gasteiger partial charge on any atom is 0.165 e. The van der Waals surface area contributed by atoms with Crippen molar-refractivity contribution in [3.8, 4) is 11.5 Å². The highest BCUT2D eigenvalue weighted by atomic mass is 16.6. The molecule has 0 amide bonds. The maximum absolute atomic E-state index is 6.16. The first kappa shape index (κ1) is 27.8. The lowest BCUT2D eigenvalue weighted by Gasteiger charge is -2.34. The Bertz CT molecular complexity index is 1580. The number of rotatable bonds is 7. The molecule has 0 saturated carbocycles. The van der Waals surface area contributed by atoms with E-state index < -0.39 is 0 Å². The fourth-order valence-corrected chi connectivity index (χ4v) is 6.85. The van der Waals surface area contributed by atoms with E-state index in [0.717, 1.165) is 53.2 Å². The predicted octanol–water partition coefficient (Wildman–Crippen LogP) is 8.44. The van der Waals surface area contributed by atoms with Crippen LogP contribution in [-0.2, 0) is 36.5 Å². The van der Waals surface area contributed by atoms with E-state index in [4.69, 9.17) is 19.4 Å². The summed E-state index contributed by atoms with van der Waals surface area (Å²) in [5.41, 5.74) is 11.2. The van der Waals surface area contributed by atoms with Crippen molar-refractivity contribution in [2.75, 3.05) is 13.2 Å². The smallest absolute Gasteiger partial charge is 0.165 e. The fourth-order valence-electron chi connectivity index (χ4n) is 6.85. The van der Waals surface area contributed by atoms with E-state index in [-0.39, 0.29) is 10.8 Å². The zero-order valence-corrected chi connectivity index (χ0v) is 25.6. The van der Waals surface area contributed by atoms with E-state index in [1.54, 1.807) is 5.56 Å². The molecule has 3 aromatic carbocycles. The van der Waals surface area contributed by atoms with Crippen molar-refractivity contribution in [1.82, 2.24) is 9.97 Å². The molecule has 0 atom stereocenters. The molecular formula is C37H44N2O2. The molecule has 0 saturated heterocycles. The third kappa shape index (κ3) is 5.46. The number of nitrogens with zero attached hydrogens (tertiary/aromatic N) is 2. The van der Waals surface area contributed by atoms with Crippen LogP contribution in [0.4, 0.5) is 0 Å². The summed E-state index contributed by atoms with van der Waals surface area (Å²) in [5.74, 6) is 2.11. The van der Waals surface area contributed by atoms with Gasteiger partial charge in [-0.15, -0.1) is 0 Å². The zero-order chi connectivity index (χ0) is 28.8. The molecule has 1 aromatic heterocycles. The Balaban J connectivity index is 1.39. The lowest BCUT2D eigenvalue weighted by atomic mass is 9.72. The van der Waals surface area contributed by atoms with Crippen LogP contribution in [0.5, 0.6) is 11.5 Å². The molecular weight excluding hydrogens is 504 g/mol. The Labute approximate surface area is 245 Å². The highest BCUT2D eigenvalue weighted by molar-refractivity contribution is 5.74. The molecule has 1 aliphatic carbocycles. The molecule has 1 aliphatic heterocycles. The minimum atomic E-state index is -0.103. The lowest BCUT2D eigenvalue weighted by molar-refractivity contribution is 0.167. The largest absolute Gasteiger partial charge is 0.486 e. The van der Waals surface area contributed by atoms with Crippen molar-refractivity contribution in [3.05, 3.63) is 93.8 Å². The predicted molar refractivity (Wildman–Crippen MR) is 168 cm³/mol. The standard InChI is InChI=1S/C37H44N2O2/c1-24(2)34-32(38-30-15-9-10-16-31(30)39-34)23-36(3,4)27-20-25-12-7-8-13-28(25)26(21-27)22-37(5,6)29-14-11-17-33-35(29)41-19-18-40-33/h9-11,14-17,20-21,24H,7-8,12-13,18-19,22-23H2,1-6H3. The Kier molecular flexibility index (Phi) is 7.30. The molecule has 0 spiro atoms. The molecule has 2 heterocycles. The second kappa shape index (κ2) is 10.8. The van der Waals surface area contributed by atoms with Gasteiger partial charge < -0.3 is 9.47 Å². The van der Waals surface area contributed by atoms with E-state index >= 15 is 0 Å². The van der Waals surface area contributed by atoms with Crippen molar-refractivity contribution in [2.24, 2.45) is 0 Å². The molecule has 4 aromatic rings. The average molecular weight is 549 g/mol. The van der Waals surface area contributed by atoms with Crippen molar-refractivity contribution in [1.29, 1.82) is 0 Å². The van der Waals surface area contributed by atoms with Gasteiger partial charge >= 0.3 is 0 Å². The first-order chi connectivity index (χ1) is 19.6. The summed E-state index contributed by atoms with van der Waals surface area (Å²) >= 11 is 0. The SMILES string of the molecule is CC(C)c1nc2ccccc2nc1CC(C)(C)c1cc2c(c(CC(C)(C)c3cccc4c3OCCO4)c1)CCCC2. The Morgan fingerprint density at radius 1 is 0.780 bits per heavy atom. The van der Waals surface area contributed by atoms with E-state index in [0.29, 0.717) is 19.1 Å². The lowest BCUT2D eigenvalue weighted by Crippen LogP contribution is -2.27. The summed E-state index contributed by atoms with van der Waals surface area (Å²) in [5, 5.41) is 0. The Morgan fingerprint density at radius 2 is 1.51 bits per heavy atom. The maximum atomic E-state index is 6.16. The van der Waals surface area contributed by atoms with Gasteiger partial charge in [0.25, 0.3) is 0 Å².